The lowest BCUT2D eigenvalue weighted by Crippen LogP contribution is -2.29. The number of methoxy groups -OCH3 is 2. The van der Waals surface area contributed by atoms with Crippen molar-refractivity contribution in [3.63, 3.8) is 0 Å². The highest BCUT2D eigenvalue weighted by Crippen LogP contribution is 2.19. The molecule has 0 saturated carbocycles. The van der Waals surface area contributed by atoms with Crippen LogP contribution < -0.4 is 0 Å². The molecule has 0 aromatic rings. The maximum absolute atomic E-state index is 5.31. The number of allylic oxidation sites excluding steroid dienone is 1. The average Bonchev–Trinajstić information content (AvgIpc) is 2.32. The van der Waals surface area contributed by atoms with E-state index in [4.69, 9.17) is 9.47 Å². The molecule has 0 spiro atoms. The van der Waals surface area contributed by atoms with E-state index in [2.05, 4.69) is 6.58 Å². The quantitative estimate of drug-likeness (QED) is 0.298. The summed E-state index contributed by atoms with van der Waals surface area (Å²) in [5, 5.41) is 0. The number of rotatable bonds is 11. The van der Waals surface area contributed by atoms with E-state index in [1.807, 2.05) is 13.0 Å². The van der Waals surface area contributed by atoms with E-state index in [0.29, 0.717) is 0 Å². The lowest BCUT2D eigenvalue weighted by atomic mass is 10.1. The van der Waals surface area contributed by atoms with E-state index < -0.39 is 0 Å². The Labute approximate surface area is 101 Å². The molecule has 0 amide bonds. The Kier molecular flexibility index (Phi) is 9.65. The second-order valence-corrected chi connectivity index (χ2v) is 4.49. The maximum atomic E-state index is 5.31. The molecular weight excluding hydrogens is 200 g/mol. The molecule has 0 heterocycles. The van der Waals surface area contributed by atoms with Gasteiger partial charge in [0.05, 0.1) is 0 Å². The predicted molar refractivity (Wildman–Crippen MR) is 69.6 cm³/mol. The van der Waals surface area contributed by atoms with Crippen molar-refractivity contribution in [1.82, 2.24) is 0 Å². The smallest absolute Gasteiger partial charge is 0.164 e. The molecule has 0 fully saturated rings. The van der Waals surface area contributed by atoms with Crippen LogP contribution >= 0.6 is 0 Å². The van der Waals surface area contributed by atoms with Crippen molar-refractivity contribution in [2.75, 3.05) is 14.2 Å². The zero-order chi connectivity index (χ0) is 12.3. The molecule has 2 heteroatoms. The molecule has 0 aliphatic carbocycles. The highest BCUT2D eigenvalue weighted by atomic mass is 16.7. The van der Waals surface area contributed by atoms with E-state index >= 15 is 0 Å². The molecule has 0 saturated heterocycles. The summed E-state index contributed by atoms with van der Waals surface area (Å²) in [6.45, 7) is 5.72. The van der Waals surface area contributed by atoms with Crippen molar-refractivity contribution in [2.24, 2.45) is 0 Å². The van der Waals surface area contributed by atoms with E-state index in [1.165, 1.54) is 38.5 Å². The predicted octanol–water partition coefficient (Wildman–Crippen LogP) is 4.30. The summed E-state index contributed by atoms with van der Waals surface area (Å²) in [6.07, 6.45) is 11.9. The van der Waals surface area contributed by atoms with Crippen molar-refractivity contribution in [3.05, 3.63) is 12.7 Å². The van der Waals surface area contributed by atoms with Gasteiger partial charge in [-0.1, -0.05) is 31.8 Å². The molecule has 96 valence electrons. The Bertz CT molecular complexity index is 162. The van der Waals surface area contributed by atoms with Gasteiger partial charge in [0, 0.05) is 20.6 Å². The normalized spacial score (nSPS) is 11.7. The number of ether oxygens (including phenoxy) is 2. The fourth-order valence-electron chi connectivity index (χ4n) is 1.73. The fraction of sp³-hybridized carbons (Fsp3) is 0.857. The first kappa shape index (κ1) is 15.7. The van der Waals surface area contributed by atoms with Gasteiger partial charge in [-0.3, -0.25) is 0 Å². The van der Waals surface area contributed by atoms with Crippen molar-refractivity contribution < 1.29 is 9.47 Å². The monoisotopic (exact) mass is 228 g/mol. The molecule has 16 heavy (non-hydrogen) atoms. The summed E-state index contributed by atoms with van der Waals surface area (Å²) in [4.78, 5) is 0. The van der Waals surface area contributed by atoms with Crippen molar-refractivity contribution in [3.8, 4) is 0 Å². The van der Waals surface area contributed by atoms with Crippen LogP contribution in [0.5, 0.6) is 0 Å². The van der Waals surface area contributed by atoms with Crippen LogP contribution in [0.4, 0.5) is 0 Å². The zero-order valence-electron chi connectivity index (χ0n) is 11.3. The van der Waals surface area contributed by atoms with Gasteiger partial charge in [0.15, 0.2) is 5.79 Å². The minimum atomic E-state index is -0.386. The number of hydrogen-bond acceptors (Lipinski definition) is 2. The average molecular weight is 228 g/mol. The molecule has 0 rings (SSSR count). The summed E-state index contributed by atoms with van der Waals surface area (Å²) < 4.78 is 10.6. The van der Waals surface area contributed by atoms with Gasteiger partial charge >= 0.3 is 0 Å². The summed E-state index contributed by atoms with van der Waals surface area (Å²) in [5.74, 6) is -0.386. The fourth-order valence-corrected chi connectivity index (χ4v) is 1.73. The standard InChI is InChI=1S/C14H28O2/c1-5-6-7-8-9-10-11-12-13-14(2,15-3)16-4/h5H,1,6-13H2,2-4H3. The topological polar surface area (TPSA) is 18.5 Å². The maximum Gasteiger partial charge on any atom is 0.164 e. The summed E-state index contributed by atoms with van der Waals surface area (Å²) in [6, 6.07) is 0. The SMILES string of the molecule is C=CCCCCCCCCC(C)(OC)OC. The first-order valence-electron chi connectivity index (χ1n) is 6.39. The molecule has 0 aliphatic rings. The first-order valence-corrected chi connectivity index (χ1v) is 6.39. The van der Waals surface area contributed by atoms with Crippen LogP contribution in [0.25, 0.3) is 0 Å². The molecule has 0 unspecified atom stereocenters. The third-order valence-corrected chi connectivity index (χ3v) is 3.15. The van der Waals surface area contributed by atoms with Crippen molar-refractivity contribution in [2.45, 2.75) is 64.1 Å². The molecular formula is C14H28O2. The minimum absolute atomic E-state index is 0.386. The summed E-state index contributed by atoms with van der Waals surface area (Å²) in [7, 11) is 3.41. The van der Waals surface area contributed by atoms with E-state index in [0.717, 1.165) is 12.8 Å². The van der Waals surface area contributed by atoms with Gasteiger partial charge in [0.2, 0.25) is 0 Å². The highest BCUT2D eigenvalue weighted by molar-refractivity contribution is 4.65. The van der Waals surface area contributed by atoms with Crippen LogP contribution in [0.3, 0.4) is 0 Å². The van der Waals surface area contributed by atoms with Gasteiger partial charge in [0.1, 0.15) is 0 Å². The van der Waals surface area contributed by atoms with Crippen LogP contribution in [0.15, 0.2) is 12.7 Å². The lowest BCUT2D eigenvalue weighted by molar-refractivity contribution is -0.197. The van der Waals surface area contributed by atoms with Gasteiger partial charge in [-0.2, -0.15) is 0 Å². The Balaban J connectivity index is 3.29. The van der Waals surface area contributed by atoms with E-state index in [-0.39, 0.29) is 5.79 Å². The van der Waals surface area contributed by atoms with Crippen LogP contribution in [-0.4, -0.2) is 20.0 Å². The molecule has 0 aliphatic heterocycles. The number of hydrogen-bond donors (Lipinski definition) is 0. The van der Waals surface area contributed by atoms with E-state index in [9.17, 15) is 0 Å². The molecule has 0 aromatic carbocycles. The van der Waals surface area contributed by atoms with Gasteiger partial charge in [0.25, 0.3) is 0 Å². The van der Waals surface area contributed by atoms with E-state index in [1.54, 1.807) is 14.2 Å². The lowest BCUT2D eigenvalue weighted by Gasteiger charge is -2.26. The largest absolute Gasteiger partial charge is 0.353 e. The first-order chi connectivity index (χ1) is 7.68. The molecule has 0 N–H and O–H groups in total. The van der Waals surface area contributed by atoms with Gasteiger partial charge in [-0.15, -0.1) is 6.58 Å². The summed E-state index contributed by atoms with van der Waals surface area (Å²) >= 11 is 0. The Morgan fingerprint density at radius 3 is 1.94 bits per heavy atom. The summed E-state index contributed by atoms with van der Waals surface area (Å²) in [5.41, 5.74) is 0. The van der Waals surface area contributed by atoms with Gasteiger partial charge in [-0.05, 0) is 26.2 Å². The Morgan fingerprint density at radius 2 is 1.44 bits per heavy atom. The molecule has 0 bridgehead atoms. The second kappa shape index (κ2) is 9.86. The second-order valence-electron chi connectivity index (χ2n) is 4.49. The van der Waals surface area contributed by atoms with Crippen LogP contribution in [-0.2, 0) is 9.47 Å². The van der Waals surface area contributed by atoms with Gasteiger partial charge < -0.3 is 9.47 Å². The Hall–Kier alpha value is -0.340. The molecule has 0 radical (unpaired) electrons. The van der Waals surface area contributed by atoms with Crippen LogP contribution in [0, 0.1) is 0 Å². The van der Waals surface area contributed by atoms with Gasteiger partial charge in [-0.25, -0.2) is 0 Å². The third kappa shape index (κ3) is 7.89. The number of unbranched alkanes of at least 4 members (excludes halogenated alkanes) is 6. The molecule has 0 atom stereocenters. The Morgan fingerprint density at radius 1 is 0.938 bits per heavy atom. The third-order valence-electron chi connectivity index (χ3n) is 3.15. The van der Waals surface area contributed by atoms with Crippen LogP contribution in [0.1, 0.15) is 58.3 Å². The zero-order valence-corrected chi connectivity index (χ0v) is 11.3. The molecule has 0 aromatic heterocycles. The molecule has 2 nitrogen and oxygen atoms in total. The van der Waals surface area contributed by atoms with Crippen molar-refractivity contribution in [1.29, 1.82) is 0 Å². The highest BCUT2D eigenvalue weighted by Gasteiger charge is 2.21. The van der Waals surface area contributed by atoms with Crippen molar-refractivity contribution >= 4 is 0 Å². The van der Waals surface area contributed by atoms with Crippen LogP contribution in [0.2, 0.25) is 0 Å². The minimum Gasteiger partial charge on any atom is -0.353 e.